The van der Waals surface area contributed by atoms with Crippen molar-refractivity contribution in [3.8, 4) is 11.8 Å². The Kier molecular flexibility index (Phi) is 6.96. The van der Waals surface area contributed by atoms with Gasteiger partial charge in [0.2, 0.25) is 0 Å². The van der Waals surface area contributed by atoms with E-state index in [9.17, 15) is 5.11 Å². The van der Waals surface area contributed by atoms with E-state index in [1.54, 1.807) is 0 Å². The third kappa shape index (κ3) is 4.48. The van der Waals surface area contributed by atoms with Crippen LogP contribution in [0.4, 0.5) is 0 Å². The van der Waals surface area contributed by atoms with Gasteiger partial charge in [0.15, 0.2) is 14.1 Å². The van der Waals surface area contributed by atoms with Crippen molar-refractivity contribution in [3.63, 3.8) is 0 Å². The molecule has 1 saturated heterocycles. The van der Waals surface area contributed by atoms with Gasteiger partial charge in [0.1, 0.15) is 6.10 Å². The zero-order chi connectivity index (χ0) is 23.2. The summed E-state index contributed by atoms with van der Waals surface area (Å²) in [6.07, 6.45) is 9.91. The summed E-state index contributed by atoms with van der Waals surface area (Å²) in [5, 5.41) is 11.1. The molecule has 1 aliphatic heterocycles. The summed E-state index contributed by atoms with van der Waals surface area (Å²) in [5.41, 5.74) is -0.0404. The number of hydrogen-bond acceptors (Lipinski definition) is 4. The van der Waals surface area contributed by atoms with E-state index in [1.807, 2.05) is 0 Å². The lowest BCUT2D eigenvalue weighted by molar-refractivity contribution is -0.344. The van der Waals surface area contributed by atoms with Crippen molar-refractivity contribution in [1.29, 1.82) is 0 Å². The third-order valence-electron chi connectivity index (χ3n) is 9.66. The molecular formula is C27H46O4Si. The Labute approximate surface area is 197 Å². The molecule has 4 rings (SSSR count). The molecule has 4 aliphatic rings. The van der Waals surface area contributed by atoms with E-state index in [0.717, 1.165) is 31.6 Å². The van der Waals surface area contributed by atoms with Gasteiger partial charge >= 0.3 is 0 Å². The Bertz CT molecular complexity index is 720. The fourth-order valence-corrected chi connectivity index (χ4v) is 7.60. The van der Waals surface area contributed by atoms with Gasteiger partial charge in [-0.05, 0) is 49.2 Å². The topological polar surface area (TPSA) is 47.9 Å². The molecule has 0 bridgehead atoms. The molecule has 4 nitrogen and oxygen atoms in total. The first-order valence-electron chi connectivity index (χ1n) is 13.1. The molecule has 1 spiro atoms. The Morgan fingerprint density at radius 1 is 1.09 bits per heavy atom. The molecule has 1 N–H and O–H groups in total. The summed E-state index contributed by atoms with van der Waals surface area (Å²) in [6, 6.07) is 0. The molecule has 32 heavy (non-hydrogen) atoms. The highest BCUT2D eigenvalue weighted by atomic mass is 28.4. The van der Waals surface area contributed by atoms with Crippen LogP contribution in [0.15, 0.2) is 0 Å². The SMILES string of the molecule is CC(C)(C)[Si](C)(C)O[C@H](C#C[C@H]1[C@H](O)CC[C@@]2(C)[C@@H]1CC21OCCO1)CC1CCCCC1. The quantitative estimate of drug-likeness (QED) is 0.418. The summed E-state index contributed by atoms with van der Waals surface area (Å²) in [4.78, 5) is 0. The Hall–Kier alpha value is -0.383. The molecule has 182 valence electrons. The van der Waals surface area contributed by atoms with Gasteiger partial charge in [0, 0.05) is 11.8 Å². The van der Waals surface area contributed by atoms with Crippen LogP contribution in [-0.2, 0) is 13.9 Å². The molecule has 4 fully saturated rings. The lowest BCUT2D eigenvalue weighted by Gasteiger charge is -2.64. The first-order valence-corrected chi connectivity index (χ1v) is 16.0. The van der Waals surface area contributed by atoms with Crippen LogP contribution < -0.4 is 0 Å². The highest BCUT2D eigenvalue weighted by molar-refractivity contribution is 6.74. The highest BCUT2D eigenvalue weighted by Gasteiger charge is 2.69. The first kappa shape index (κ1) is 24.7. The average molecular weight is 463 g/mol. The molecule has 3 saturated carbocycles. The lowest BCUT2D eigenvalue weighted by Crippen LogP contribution is -2.67. The van der Waals surface area contributed by atoms with Crippen molar-refractivity contribution >= 4 is 8.32 Å². The van der Waals surface area contributed by atoms with Crippen molar-refractivity contribution in [2.45, 2.75) is 122 Å². The summed E-state index contributed by atoms with van der Waals surface area (Å²) in [5.74, 6) is 7.79. The smallest absolute Gasteiger partial charge is 0.193 e. The molecule has 1 heterocycles. The second-order valence-corrected chi connectivity index (χ2v) is 17.5. The van der Waals surface area contributed by atoms with Gasteiger partial charge in [-0.25, -0.2) is 0 Å². The molecule has 0 aromatic rings. The van der Waals surface area contributed by atoms with Gasteiger partial charge in [-0.1, -0.05) is 71.6 Å². The lowest BCUT2D eigenvalue weighted by atomic mass is 9.47. The minimum absolute atomic E-state index is 0.0101. The van der Waals surface area contributed by atoms with E-state index >= 15 is 0 Å². The maximum absolute atomic E-state index is 10.9. The Morgan fingerprint density at radius 3 is 2.38 bits per heavy atom. The van der Waals surface area contributed by atoms with Gasteiger partial charge in [-0.3, -0.25) is 0 Å². The normalized spacial score (nSPS) is 36.2. The number of fused-ring (bicyclic) bond motifs is 2. The van der Waals surface area contributed by atoms with Gasteiger partial charge in [-0.15, -0.1) is 0 Å². The largest absolute Gasteiger partial charge is 0.403 e. The summed E-state index contributed by atoms with van der Waals surface area (Å²) < 4.78 is 19.0. The molecule has 0 amide bonds. The van der Waals surface area contributed by atoms with Crippen LogP contribution in [0.25, 0.3) is 0 Å². The number of ether oxygens (including phenoxy) is 2. The monoisotopic (exact) mass is 462 g/mol. The van der Waals surface area contributed by atoms with Gasteiger partial charge < -0.3 is 19.0 Å². The zero-order valence-electron chi connectivity index (χ0n) is 21.3. The number of aliphatic hydroxyl groups excluding tert-OH is 1. The average Bonchev–Trinajstić information content (AvgIpc) is 3.22. The maximum Gasteiger partial charge on any atom is 0.193 e. The summed E-state index contributed by atoms with van der Waals surface area (Å²) in [7, 11) is -1.92. The van der Waals surface area contributed by atoms with Crippen molar-refractivity contribution in [2.75, 3.05) is 13.2 Å². The Balaban J connectivity index is 1.53. The third-order valence-corrected chi connectivity index (χ3v) is 14.2. The van der Waals surface area contributed by atoms with Crippen LogP contribution in [0, 0.1) is 35.0 Å². The standard InChI is InChI=1S/C27H46O4Si/c1-25(2,3)32(5,6)31-21(18-20-10-8-7-9-11-20)12-13-22-23-19-27(29-16-17-30-27)26(23,4)15-14-24(22)28/h20-24,28H,7-11,14-19H2,1-6H3/t21-,22-,23-,24-,26+/m1/s1. The van der Waals surface area contributed by atoms with E-state index in [2.05, 4.69) is 52.6 Å². The van der Waals surface area contributed by atoms with Crippen molar-refractivity contribution in [1.82, 2.24) is 0 Å². The minimum atomic E-state index is -1.92. The molecule has 3 aliphatic carbocycles. The molecule has 0 unspecified atom stereocenters. The second-order valence-electron chi connectivity index (χ2n) is 12.7. The number of hydrogen-bond donors (Lipinski definition) is 1. The van der Waals surface area contributed by atoms with Crippen molar-refractivity contribution < 1.29 is 19.0 Å². The van der Waals surface area contributed by atoms with E-state index in [0.29, 0.717) is 19.1 Å². The molecule has 0 aromatic heterocycles. The van der Waals surface area contributed by atoms with Gasteiger partial charge in [-0.2, -0.15) is 0 Å². The van der Waals surface area contributed by atoms with Crippen molar-refractivity contribution in [3.05, 3.63) is 0 Å². The van der Waals surface area contributed by atoms with Crippen LogP contribution >= 0.6 is 0 Å². The zero-order valence-corrected chi connectivity index (χ0v) is 22.3. The van der Waals surface area contributed by atoms with Crippen LogP contribution in [-0.4, -0.2) is 44.6 Å². The predicted octanol–water partition coefficient (Wildman–Crippen LogP) is 5.89. The van der Waals surface area contributed by atoms with Crippen LogP contribution in [0.1, 0.15) is 85.5 Å². The van der Waals surface area contributed by atoms with Crippen LogP contribution in [0.3, 0.4) is 0 Å². The fourth-order valence-electron chi connectivity index (χ4n) is 6.38. The van der Waals surface area contributed by atoms with Gasteiger partial charge in [0.25, 0.3) is 0 Å². The summed E-state index contributed by atoms with van der Waals surface area (Å²) in [6.45, 7) is 15.2. The number of rotatable bonds is 4. The highest BCUT2D eigenvalue weighted by Crippen LogP contribution is 2.66. The van der Waals surface area contributed by atoms with E-state index in [-0.39, 0.29) is 28.6 Å². The first-order chi connectivity index (χ1) is 15.0. The van der Waals surface area contributed by atoms with E-state index in [4.69, 9.17) is 13.9 Å². The second kappa shape index (κ2) is 9.00. The van der Waals surface area contributed by atoms with Crippen molar-refractivity contribution in [2.24, 2.45) is 23.2 Å². The predicted molar refractivity (Wildman–Crippen MR) is 131 cm³/mol. The van der Waals surface area contributed by atoms with Crippen LogP contribution in [0.5, 0.6) is 0 Å². The number of aliphatic hydroxyl groups is 1. The maximum atomic E-state index is 10.9. The van der Waals surface area contributed by atoms with Gasteiger partial charge in [0.05, 0.1) is 25.2 Å². The summed E-state index contributed by atoms with van der Waals surface area (Å²) >= 11 is 0. The minimum Gasteiger partial charge on any atom is -0.403 e. The molecule has 0 aromatic carbocycles. The fraction of sp³-hybridized carbons (Fsp3) is 0.926. The van der Waals surface area contributed by atoms with E-state index in [1.165, 1.54) is 32.1 Å². The molecule has 5 atom stereocenters. The van der Waals surface area contributed by atoms with Crippen LogP contribution in [0.2, 0.25) is 18.1 Å². The molecule has 5 heteroatoms. The molecule has 0 radical (unpaired) electrons. The molecular weight excluding hydrogens is 416 g/mol. The Morgan fingerprint density at radius 2 is 1.75 bits per heavy atom. The van der Waals surface area contributed by atoms with E-state index < -0.39 is 14.1 Å².